The van der Waals surface area contributed by atoms with E-state index in [1.807, 2.05) is 60.7 Å². The second-order valence-corrected chi connectivity index (χ2v) is 5.61. The Labute approximate surface area is 135 Å². The summed E-state index contributed by atoms with van der Waals surface area (Å²) in [6, 6.07) is 28.5. The van der Waals surface area contributed by atoms with Crippen molar-refractivity contribution in [2.75, 3.05) is 0 Å². The van der Waals surface area contributed by atoms with Gasteiger partial charge in [-0.15, -0.1) is 0 Å². The Hall–Kier alpha value is -3.15. The van der Waals surface area contributed by atoms with Crippen LogP contribution in [0.1, 0.15) is 11.1 Å². The highest BCUT2D eigenvalue weighted by molar-refractivity contribution is 6.01. The topological polar surface area (TPSA) is 17.1 Å². The van der Waals surface area contributed by atoms with Gasteiger partial charge in [-0.1, -0.05) is 60.7 Å². The number of rotatable bonds is 2. The Morgan fingerprint density at radius 2 is 0.913 bits per heavy atom. The highest BCUT2D eigenvalue weighted by Crippen LogP contribution is 2.35. The molecule has 23 heavy (non-hydrogen) atoms. The lowest BCUT2D eigenvalue weighted by atomic mass is 10.0. The molecule has 0 fully saturated rings. The normalized spacial score (nSPS) is 10.6. The zero-order valence-corrected chi connectivity index (χ0v) is 12.5. The Morgan fingerprint density at radius 3 is 1.22 bits per heavy atom. The molecule has 0 unspecified atom stereocenters. The molecule has 0 heterocycles. The van der Waals surface area contributed by atoms with E-state index in [1.165, 1.54) is 0 Å². The summed E-state index contributed by atoms with van der Waals surface area (Å²) in [7, 11) is 0. The zero-order valence-electron chi connectivity index (χ0n) is 12.5. The maximum atomic E-state index is 11.6. The minimum atomic E-state index is 0.614. The van der Waals surface area contributed by atoms with Crippen LogP contribution < -0.4 is 0 Å². The largest absolute Gasteiger partial charge is 0.233 e. The van der Waals surface area contributed by atoms with Gasteiger partial charge in [0.25, 0.3) is 0 Å². The smallest absolute Gasteiger partial charge is 0.133 e. The highest BCUT2D eigenvalue weighted by atomic mass is 16.1. The molecule has 0 amide bonds. The number of hydrogen-bond acceptors (Lipinski definition) is 1. The first-order chi connectivity index (χ1) is 11.3. The van der Waals surface area contributed by atoms with Gasteiger partial charge in [0.1, 0.15) is 5.94 Å². The van der Waals surface area contributed by atoms with Gasteiger partial charge in [0.2, 0.25) is 0 Å². The molecule has 0 N–H and O–H groups in total. The molecule has 0 saturated carbocycles. The van der Waals surface area contributed by atoms with Gasteiger partial charge in [-0.3, -0.25) is 0 Å². The summed E-state index contributed by atoms with van der Waals surface area (Å²) in [5, 5.41) is 0. The van der Waals surface area contributed by atoms with Crippen LogP contribution in [0.3, 0.4) is 0 Å². The molecule has 0 spiro atoms. The molecular weight excluding hydrogens is 280 g/mol. The van der Waals surface area contributed by atoms with Crippen molar-refractivity contribution in [3.05, 3.63) is 96.1 Å². The summed E-state index contributed by atoms with van der Waals surface area (Å²) >= 11 is 0. The third-order valence-corrected chi connectivity index (χ3v) is 4.14. The SMILES string of the molecule is O=C=C(c1cc2cccccc-2c1)c1cc2cccccc-2c1. The lowest BCUT2D eigenvalue weighted by Crippen LogP contribution is -1.82. The Bertz CT molecular complexity index is 840. The maximum Gasteiger partial charge on any atom is 0.133 e. The van der Waals surface area contributed by atoms with E-state index in [1.54, 1.807) is 0 Å². The van der Waals surface area contributed by atoms with Crippen LogP contribution in [0.15, 0.2) is 84.9 Å². The van der Waals surface area contributed by atoms with Crippen LogP contribution in [0.4, 0.5) is 0 Å². The fourth-order valence-corrected chi connectivity index (χ4v) is 3.00. The molecule has 108 valence electrons. The molecular formula is C22H14O. The highest BCUT2D eigenvalue weighted by Gasteiger charge is 2.15. The van der Waals surface area contributed by atoms with Gasteiger partial charge in [-0.25, -0.2) is 4.79 Å². The number of hydrogen-bond donors (Lipinski definition) is 0. The fraction of sp³-hybridized carbons (Fsp3) is 0. The van der Waals surface area contributed by atoms with Gasteiger partial charge in [0.05, 0.1) is 5.57 Å². The van der Waals surface area contributed by atoms with Crippen molar-refractivity contribution in [1.82, 2.24) is 0 Å². The van der Waals surface area contributed by atoms with E-state index in [4.69, 9.17) is 0 Å². The Balaban J connectivity index is 1.87. The predicted molar refractivity (Wildman–Crippen MR) is 94.3 cm³/mol. The number of fused-ring (bicyclic) bond motifs is 2. The molecule has 4 rings (SSSR count). The molecule has 0 bridgehead atoms. The van der Waals surface area contributed by atoms with Gasteiger partial charge in [0.15, 0.2) is 0 Å². The van der Waals surface area contributed by atoms with Gasteiger partial charge in [0, 0.05) is 0 Å². The van der Waals surface area contributed by atoms with Crippen molar-refractivity contribution >= 4 is 11.5 Å². The molecule has 0 atom stereocenters. The van der Waals surface area contributed by atoms with Crippen molar-refractivity contribution in [2.24, 2.45) is 0 Å². The minimum Gasteiger partial charge on any atom is -0.233 e. The van der Waals surface area contributed by atoms with E-state index in [0.29, 0.717) is 5.57 Å². The third kappa shape index (κ3) is 2.44. The second-order valence-electron chi connectivity index (χ2n) is 5.61. The monoisotopic (exact) mass is 294 g/mol. The summed E-state index contributed by atoms with van der Waals surface area (Å²) in [5.74, 6) is 2.14. The molecule has 0 aliphatic heterocycles. The molecule has 4 aliphatic rings. The van der Waals surface area contributed by atoms with Crippen molar-refractivity contribution in [3.63, 3.8) is 0 Å². The molecule has 0 saturated heterocycles. The van der Waals surface area contributed by atoms with Crippen LogP contribution in [0, 0.1) is 0 Å². The molecule has 1 heteroatoms. The van der Waals surface area contributed by atoms with Crippen LogP contribution >= 0.6 is 0 Å². The molecule has 4 aliphatic carbocycles. The van der Waals surface area contributed by atoms with Crippen LogP contribution in [0.5, 0.6) is 0 Å². The van der Waals surface area contributed by atoms with Gasteiger partial charge < -0.3 is 0 Å². The molecule has 1 nitrogen and oxygen atoms in total. The molecule has 0 aromatic rings. The minimum absolute atomic E-state index is 0.614. The first kappa shape index (κ1) is 13.5. The van der Waals surface area contributed by atoms with E-state index >= 15 is 0 Å². The Kier molecular flexibility index (Phi) is 3.27. The van der Waals surface area contributed by atoms with Crippen molar-refractivity contribution in [2.45, 2.75) is 0 Å². The zero-order chi connectivity index (χ0) is 15.6. The molecule has 0 aromatic heterocycles. The van der Waals surface area contributed by atoms with E-state index in [2.05, 4.69) is 30.2 Å². The van der Waals surface area contributed by atoms with E-state index in [-0.39, 0.29) is 0 Å². The van der Waals surface area contributed by atoms with Gasteiger partial charge in [-0.2, -0.15) is 0 Å². The van der Waals surface area contributed by atoms with Gasteiger partial charge in [-0.05, 0) is 57.6 Å². The lowest BCUT2D eigenvalue weighted by molar-refractivity contribution is 0.569. The standard InChI is InChI=1S/C22H14O/c23-15-22(20-11-16-7-3-1-4-8-17(16)12-20)21-13-18-9-5-2-6-10-19(18)14-21/h1-14H. The quantitative estimate of drug-likeness (QED) is 0.467. The Morgan fingerprint density at radius 1 is 0.565 bits per heavy atom. The average molecular weight is 294 g/mol. The third-order valence-electron chi connectivity index (χ3n) is 4.14. The van der Waals surface area contributed by atoms with E-state index in [0.717, 1.165) is 33.4 Å². The van der Waals surface area contributed by atoms with E-state index in [9.17, 15) is 4.79 Å². The lowest BCUT2D eigenvalue weighted by Gasteiger charge is -1.96. The first-order valence-electron chi connectivity index (χ1n) is 7.58. The first-order valence-corrected chi connectivity index (χ1v) is 7.58. The average Bonchev–Trinajstić information content (AvgIpc) is 2.98. The van der Waals surface area contributed by atoms with Crippen molar-refractivity contribution in [3.8, 4) is 22.3 Å². The maximum absolute atomic E-state index is 11.6. The fourth-order valence-electron chi connectivity index (χ4n) is 3.00. The summed E-state index contributed by atoms with van der Waals surface area (Å²) in [6.07, 6.45) is 0. The molecule has 0 aromatic carbocycles. The van der Waals surface area contributed by atoms with Gasteiger partial charge >= 0.3 is 0 Å². The van der Waals surface area contributed by atoms with Crippen LogP contribution in [0.25, 0.3) is 27.8 Å². The second kappa shape index (κ2) is 5.57. The van der Waals surface area contributed by atoms with Crippen LogP contribution in [-0.4, -0.2) is 5.94 Å². The number of carbonyl (C=O) groups excluding carboxylic acids is 1. The van der Waals surface area contributed by atoms with Crippen LogP contribution in [-0.2, 0) is 4.79 Å². The molecule has 0 radical (unpaired) electrons. The van der Waals surface area contributed by atoms with Crippen molar-refractivity contribution < 1.29 is 4.79 Å². The summed E-state index contributed by atoms with van der Waals surface area (Å²) < 4.78 is 0. The summed E-state index contributed by atoms with van der Waals surface area (Å²) in [6.45, 7) is 0. The van der Waals surface area contributed by atoms with E-state index < -0.39 is 0 Å². The van der Waals surface area contributed by atoms with Crippen LogP contribution in [0.2, 0.25) is 0 Å². The predicted octanol–water partition coefficient (Wildman–Crippen LogP) is 5.16. The summed E-state index contributed by atoms with van der Waals surface area (Å²) in [5.41, 5.74) is 6.95. The summed E-state index contributed by atoms with van der Waals surface area (Å²) in [4.78, 5) is 11.6. The van der Waals surface area contributed by atoms with Crippen molar-refractivity contribution in [1.29, 1.82) is 0 Å².